The molecular formula is C14H21N5O. The molecule has 0 aliphatic heterocycles. The van der Waals surface area contributed by atoms with Crippen LogP contribution in [0.15, 0.2) is 23.1 Å². The molecule has 6 nitrogen and oxygen atoms in total. The molecule has 2 aromatic rings. The van der Waals surface area contributed by atoms with Crippen molar-refractivity contribution < 1.29 is 4.52 Å². The Hall–Kier alpha value is -1.82. The first kappa shape index (κ1) is 14.6. The molecule has 2 aromatic heterocycles. The highest BCUT2D eigenvalue weighted by atomic mass is 16.5. The Balaban J connectivity index is 2.11. The van der Waals surface area contributed by atoms with Gasteiger partial charge in [-0.05, 0) is 19.4 Å². The molecule has 0 fully saturated rings. The Morgan fingerprint density at radius 2 is 2.15 bits per heavy atom. The zero-order valence-corrected chi connectivity index (χ0v) is 12.2. The van der Waals surface area contributed by atoms with Crippen molar-refractivity contribution in [2.45, 2.75) is 45.6 Å². The van der Waals surface area contributed by atoms with Crippen LogP contribution in [0.25, 0.3) is 11.5 Å². The predicted molar refractivity (Wildman–Crippen MR) is 76.1 cm³/mol. The van der Waals surface area contributed by atoms with E-state index in [4.69, 9.17) is 4.52 Å². The third-order valence-electron chi connectivity index (χ3n) is 3.32. The highest BCUT2D eigenvalue weighted by Crippen LogP contribution is 2.22. The minimum Gasteiger partial charge on any atom is -0.339 e. The van der Waals surface area contributed by atoms with Crippen LogP contribution in [0.4, 0.5) is 0 Å². The van der Waals surface area contributed by atoms with Gasteiger partial charge in [0.2, 0.25) is 11.7 Å². The summed E-state index contributed by atoms with van der Waals surface area (Å²) < 4.78 is 5.37. The molecule has 2 unspecified atom stereocenters. The number of aromatic nitrogens is 4. The lowest BCUT2D eigenvalue weighted by Gasteiger charge is -2.20. The van der Waals surface area contributed by atoms with Gasteiger partial charge in [-0.3, -0.25) is 4.98 Å². The molecule has 0 bridgehead atoms. The minimum atomic E-state index is 0.171. The predicted octanol–water partition coefficient (Wildman–Crippen LogP) is 2.41. The third-order valence-corrected chi connectivity index (χ3v) is 3.32. The first-order valence-electron chi connectivity index (χ1n) is 7.09. The maximum Gasteiger partial charge on any atom is 0.231 e. The topological polar surface area (TPSA) is 76.7 Å². The Labute approximate surface area is 119 Å². The molecule has 6 heteroatoms. The largest absolute Gasteiger partial charge is 0.339 e. The molecule has 0 aromatic carbocycles. The SMILES string of the molecule is CCCNC(CC)C(C)c1nc(-c2cnccn2)no1. The standard InChI is InChI=1S/C14H21N5O/c1-4-6-16-11(5-2)10(3)14-18-13(19-20-14)12-9-15-7-8-17-12/h7-11,16H,4-6H2,1-3H3. The molecule has 20 heavy (non-hydrogen) atoms. The summed E-state index contributed by atoms with van der Waals surface area (Å²) in [5.41, 5.74) is 0.629. The third kappa shape index (κ3) is 3.39. The zero-order valence-electron chi connectivity index (χ0n) is 12.2. The Morgan fingerprint density at radius 3 is 2.80 bits per heavy atom. The summed E-state index contributed by atoms with van der Waals surface area (Å²) in [4.78, 5) is 12.6. The van der Waals surface area contributed by atoms with Gasteiger partial charge in [-0.25, -0.2) is 4.98 Å². The molecule has 0 aliphatic carbocycles. The van der Waals surface area contributed by atoms with Crippen molar-refractivity contribution in [2.75, 3.05) is 6.54 Å². The van der Waals surface area contributed by atoms with Crippen LogP contribution in [0, 0.1) is 0 Å². The highest BCUT2D eigenvalue weighted by molar-refractivity contribution is 5.45. The smallest absolute Gasteiger partial charge is 0.231 e. The van der Waals surface area contributed by atoms with Gasteiger partial charge in [0, 0.05) is 18.4 Å². The summed E-state index contributed by atoms with van der Waals surface area (Å²) in [5.74, 6) is 1.30. The van der Waals surface area contributed by atoms with Crippen LogP contribution in [0.5, 0.6) is 0 Å². The van der Waals surface area contributed by atoms with E-state index in [0.29, 0.717) is 23.5 Å². The van der Waals surface area contributed by atoms with Crippen LogP contribution in [0.1, 0.15) is 45.4 Å². The number of nitrogens with one attached hydrogen (secondary N) is 1. The highest BCUT2D eigenvalue weighted by Gasteiger charge is 2.23. The van der Waals surface area contributed by atoms with E-state index >= 15 is 0 Å². The lowest BCUT2D eigenvalue weighted by atomic mass is 9.99. The van der Waals surface area contributed by atoms with E-state index in [0.717, 1.165) is 19.4 Å². The zero-order chi connectivity index (χ0) is 14.4. The van der Waals surface area contributed by atoms with Crippen LogP contribution >= 0.6 is 0 Å². The van der Waals surface area contributed by atoms with Crippen molar-refractivity contribution in [3.63, 3.8) is 0 Å². The summed E-state index contributed by atoms with van der Waals surface area (Å²) in [6.07, 6.45) is 7.00. The van der Waals surface area contributed by atoms with Gasteiger partial charge in [0.15, 0.2) is 0 Å². The molecule has 2 heterocycles. The van der Waals surface area contributed by atoms with E-state index in [9.17, 15) is 0 Å². The fourth-order valence-corrected chi connectivity index (χ4v) is 2.12. The van der Waals surface area contributed by atoms with Crippen LogP contribution < -0.4 is 5.32 Å². The van der Waals surface area contributed by atoms with Crippen molar-refractivity contribution in [3.05, 3.63) is 24.5 Å². The fraction of sp³-hybridized carbons (Fsp3) is 0.571. The van der Waals surface area contributed by atoms with Gasteiger partial charge in [-0.2, -0.15) is 4.98 Å². The molecule has 0 radical (unpaired) electrons. The number of hydrogen-bond donors (Lipinski definition) is 1. The van der Waals surface area contributed by atoms with Gasteiger partial charge in [-0.1, -0.05) is 25.9 Å². The number of nitrogens with zero attached hydrogens (tertiary/aromatic N) is 4. The fourth-order valence-electron chi connectivity index (χ4n) is 2.12. The average Bonchev–Trinajstić information content (AvgIpc) is 2.98. The maximum absolute atomic E-state index is 5.37. The second-order valence-corrected chi connectivity index (χ2v) is 4.80. The van der Waals surface area contributed by atoms with Crippen molar-refractivity contribution >= 4 is 0 Å². The van der Waals surface area contributed by atoms with E-state index < -0.39 is 0 Å². The molecule has 0 amide bonds. The van der Waals surface area contributed by atoms with Crippen LogP contribution in [-0.2, 0) is 0 Å². The van der Waals surface area contributed by atoms with E-state index in [2.05, 4.69) is 46.2 Å². The Bertz CT molecular complexity index is 513. The summed E-state index contributed by atoms with van der Waals surface area (Å²) >= 11 is 0. The molecule has 2 rings (SSSR count). The van der Waals surface area contributed by atoms with E-state index in [1.54, 1.807) is 18.6 Å². The van der Waals surface area contributed by atoms with Crippen LogP contribution in [-0.4, -0.2) is 32.7 Å². The monoisotopic (exact) mass is 275 g/mol. The number of hydrogen-bond acceptors (Lipinski definition) is 6. The van der Waals surface area contributed by atoms with Crippen molar-refractivity contribution in [1.29, 1.82) is 0 Å². The lowest BCUT2D eigenvalue weighted by Crippen LogP contribution is -2.33. The molecule has 0 spiro atoms. The quantitative estimate of drug-likeness (QED) is 0.836. The van der Waals surface area contributed by atoms with Gasteiger partial charge >= 0.3 is 0 Å². The van der Waals surface area contributed by atoms with E-state index in [1.165, 1.54) is 0 Å². The maximum atomic E-state index is 5.37. The molecular weight excluding hydrogens is 254 g/mol. The van der Waals surface area contributed by atoms with Gasteiger partial charge in [0.1, 0.15) is 5.69 Å². The Morgan fingerprint density at radius 1 is 1.30 bits per heavy atom. The van der Waals surface area contributed by atoms with Crippen molar-refractivity contribution in [3.8, 4) is 11.5 Å². The number of rotatable bonds is 7. The molecule has 0 aliphatic rings. The first-order chi connectivity index (χ1) is 9.76. The van der Waals surface area contributed by atoms with Gasteiger partial charge in [0.05, 0.1) is 12.1 Å². The van der Waals surface area contributed by atoms with E-state index in [1.807, 2.05) is 0 Å². The van der Waals surface area contributed by atoms with Crippen LogP contribution in [0.3, 0.4) is 0 Å². The molecule has 0 saturated carbocycles. The normalized spacial score (nSPS) is 14.2. The second kappa shape index (κ2) is 7.09. The average molecular weight is 275 g/mol. The van der Waals surface area contributed by atoms with Crippen molar-refractivity contribution in [2.24, 2.45) is 0 Å². The molecule has 2 atom stereocenters. The van der Waals surface area contributed by atoms with Crippen LogP contribution in [0.2, 0.25) is 0 Å². The Kier molecular flexibility index (Phi) is 5.17. The molecule has 1 N–H and O–H groups in total. The first-order valence-corrected chi connectivity index (χ1v) is 7.09. The second-order valence-electron chi connectivity index (χ2n) is 4.80. The summed E-state index contributed by atoms with van der Waals surface area (Å²) in [5, 5.41) is 7.50. The lowest BCUT2D eigenvalue weighted by molar-refractivity contribution is 0.319. The summed E-state index contributed by atoms with van der Waals surface area (Å²) in [7, 11) is 0. The summed E-state index contributed by atoms with van der Waals surface area (Å²) in [6.45, 7) is 7.41. The van der Waals surface area contributed by atoms with Gasteiger partial charge < -0.3 is 9.84 Å². The summed E-state index contributed by atoms with van der Waals surface area (Å²) in [6, 6.07) is 0.338. The molecule has 0 saturated heterocycles. The van der Waals surface area contributed by atoms with Gasteiger partial charge in [-0.15, -0.1) is 0 Å². The van der Waals surface area contributed by atoms with Gasteiger partial charge in [0.25, 0.3) is 0 Å². The van der Waals surface area contributed by atoms with Crippen molar-refractivity contribution in [1.82, 2.24) is 25.4 Å². The molecule has 108 valence electrons. The minimum absolute atomic E-state index is 0.171. The van der Waals surface area contributed by atoms with E-state index in [-0.39, 0.29) is 5.92 Å².